The van der Waals surface area contributed by atoms with Gasteiger partial charge in [0.2, 0.25) is 0 Å². The lowest BCUT2D eigenvalue weighted by molar-refractivity contribution is -0.126. The van der Waals surface area contributed by atoms with E-state index in [0.717, 1.165) is 74.9 Å². The molecule has 3 aromatic rings. The number of H-pyrrole nitrogens is 1. The lowest BCUT2D eigenvalue weighted by atomic mass is 9.78. The molecule has 2 aromatic carbocycles. The number of piperidine rings is 1. The number of nitrogens with one attached hydrogen (secondary N) is 1. The molecule has 1 N–H and O–H groups in total. The molecule has 3 heterocycles. The van der Waals surface area contributed by atoms with E-state index < -0.39 is 0 Å². The summed E-state index contributed by atoms with van der Waals surface area (Å²) < 4.78 is 12.2. The highest BCUT2D eigenvalue weighted by atomic mass is 16.5. The predicted octanol–water partition coefficient (Wildman–Crippen LogP) is 5.18. The Bertz CT molecular complexity index is 1040. The van der Waals surface area contributed by atoms with Crippen LogP contribution in [0.15, 0.2) is 60.8 Å². The van der Waals surface area contributed by atoms with Crippen LogP contribution in [0.1, 0.15) is 48.0 Å². The highest BCUT2D eigenvalue weighted by molar-refractivity contribution is 5.98. The second-order valence-electron chi connectivity index (χ2n) is 9.29. The van der Waals surface area contributed by atoms with Crippen LogP contribution in [-0.4, -0.2) is 47.7 Å². The van der Waals surface area contributed by atoms with E-state index in [2.05, 4.69) is 29.2 Å². The summed E-state index contributed by atoms with van der Waals surface area (Å²) in [6.07, 6.45) is 7.02. The van der Waals surface area contributed by atoms with E-state index in [1.165, 1.54) is 5.56 Å². The highest BCUT2D eigenvalue weighted by Crippen LogP contribution is 2.39. The maximum atomic E-state index is 13.0. The lowest BCUT2D eigenvalue weighted by Crippen LogP contribution is -2.50. The molecule has 2 aliphatic heterocycles. The molecule has 0 saturated carbocycles. The van der Waals surface area contributed by atoms with Gasteiger partial charge < -0.3 is 19.4 Å². The molecule has 1 aromatic heterocycles. The number of aromatic amines is 1. The van der Waals surface area contributed by atoms with E-state index in [-0.39, 0.29) is 11.5 Å². The third-order valence-electron chi connectivity index (χ3n) is 7.14. The average molecular weight is 433 g/mol. The quantitative estimate of drug-likeness (QED) is 0.546. The van der Waals surface area contributed by atoms with Crippen molar-refractivity contribution >= 4 is 16.8 Å². The molecule has 1 atom stereocenters. The van der Waals surface area contributed by atoms with Gasteiger partial charge in [0.1, 0.15) is 0 Å². The van der Waals surface area contributed by atoms with Gasteiger partial charge in [0.05, 0.1) is 12.2 Å². The largest absolute Gasteiger partial charge is 0.377 e. The van der Waals surface area contributed by atoms with E-state index in [0.29, 0.717) is 12.5 Å². The second-order valence-corrected chi connectivity index (χ2v) is 9.29. The Labute approximate surface area is 189 Å². The van der Waals surface area contributed by atoms with Gasteiger partial charge in [0.15, 0.2) is 0 Å². The van der Waals surface area contributed by atoms with Crippen molar-refractivity contribution < 1.29 is 14.3 Å². The van der Waals surface area contributed by atoms with Crippen molar-refractivity contribution in [2.45, 2.75) is 44.3 Å². The number of aromatic nitrogens is 1. The summed E-state index contributed by atoms with van der Waals surface area (Å²) in [5.41, 5.74) is 2.93. The Balaban J connectivity index is 1.11. The first kappa shape index (κ1) is 21.2. The van der Waals surface area contributed by atoms with Crippen molar-refractivity contribution in [1.29, 1.82) is 0 Å². The van der Waals surface area contributed by atoms with E-state index in [1.807, 2.05) is 41.4 Å². The molecule has 5 nitrogen and oxygen atoms in total. The minimum atomic E-state index is -0.0669. The number of ether oxygens (including phenoxy) is 2. The van der Waals surface area contributed by atoms with E-state index >= 15 is 0 Å². The standard InChI is InChI=1S/C27H32N2O3/c30-26(24-7-6-23-8-13-28-25(23)18-24)29-14-11-27(12-15-29)19-21(10-17-32-27)9-16-31-20-22-4-2-1-3-5-22/h1-8,13,18,21,28H,9-12,14-17,19-20H2. The van der Waals surface area contributed by atoms with Crippen LogP contribution >= 0.6 is 0 Å². The minimum absolute atomic E-state index is 0.0669. The fourth-order valence-corrected chi connectivity index (χ4v) is 5.22. The predicted molar refractivity (Wildman–Crippen MR) is 126 cm³/mol. The number of carbonyl (C=O) groups is 1. The number of fused-ring (bicyclic) bond motifs is 1. The summed E-state index contributed by atoms with van der Waals surface area (Å²) in [5.74, 6) is 0.759. The molecule has 1 spiro atoms. The maximum Gasteiger partial charge on any atom is 0.253 e. The molecular weight excluding hydrogens is 400 g/mol. The number of hydrogen-bond acceptors (Lipinski definition) is 3. The SMILES string of the molecule is O=C(c1ccc2cc[nH]c2c1)N1CCC2(CC1)CC(CCOCc1ccccc1)CCO2. The summed E-state index contributed by atoms with van der Waals surface area (Å²) in [5, 5.41) is 1.13. The molecule has 2 fully saturated rings. The zero-order chi connectivity index (χ0) is 21.8. The van der Waals surface area contributed by atoms with Crippen molar-refractivity contribution in [2.24, 2.45) is 5.92 Å². The Hall–Kier alpha value is -2.63. The number of benzene rings is 2. The third kappa shape index (κ3) is 4.74. The van der Waals surface area contributed by atoms with Gasteiger partial charge >= 0.3 is 0 Å². The lowest BCUT2D eigenvalue weighted by Gasteiger charge is -2.46. The van der Waals surface area contributed by atoms with Crippen LogP contribution in [0.25, 0.3) is 10.9 Å². The zero-order valence-corrected chi connectivity index (χ0v) is 18.6. The van der Waals surface area contributed by atoms with Gasteiger partial charge in [-0.2, -0.15) is 0 Å². The fraction of sp³-hybridized carbons (Fsp3) is 0.444. The van der Waals surface area contributed by atoms with Gasteiger partial charge in [-0.05, 0) is 67.2 Å². The molecule has 168 valence electrons. The first-order valence-electron chi connectivity index (χ1n) is 11.8. The summed E-state index contributed by atoms with van der Waals surface area (Å²) >= 11 is 0. The average Bonchev–Trinajstić information content (AvgIpc) is 3.31. The van der Waals surface area contributed by atoms with Crippen LogP contribution in [0.2, 0.25) is 0 Å². The van der Waals surface area contributed by atoms with Crippen molar-refractivity contribution in [3.05, 3.63) is 71.9 Å². The van der Waals surface area contributed by atoms with Crippen LogP contribution in [0.4, 0.5) is 0 Å². The van der Waals surface area contributed by atoms with Gasteiger partial charge in [0.25, 0.3) is 5.91 Å². The normalized spacial score (nSPS) is 20.6. The van der Waals surface area contributed by atoms with Gasteiger partial charge in [-0.1, -0.05) is 36.4 Å². The molecule has 5 heteroatoms. The van der Waals surface area contributed by atoms with E-state index in [9.17, 15) is 4.79 Å². The smallest absolute Gasteiger partial charge is 0.253 e. The molecule has 32 heavy (non-hydrogen) atoms. The van der Waals surface area contributed by atoms with Crippen LogP contribution in [-0.2, 0) is 16.1 Å². The Morgan fingerprint density at radius 1 is 1.12 bits per heavy atom. The monoisotopic (exact) mass is 432 g/mol. The molecule has 0 radical (unpaired) electrons. The Morgan fingerprint density at radius 2 is 1.97 bits per heavy atom. The second kappa shape index (κ2) is 9.47. The van der Waals surface area contributed by atoms with E-state index in [4.69, 9.17) is 9.47 Å². The van der Waals surface area contributed by atoms with Crippen molar-refractivity contribution in [3.8, 4) is 0 Å². The van der Waals surface area contributed by atoms with Gasteiger partial charge in [-0.3, -0.25) is 4.79 Å². The number of rotatable bonds is 6. The number of nitrogens with zero attached hydrogens (tertiary/aromatic N) is 1. The summed E-state index contributed by atoms with van der Waals surface area (Å²) in [6.45, 7) is 3.82. The van der Waals surface area contributed by atoms with Crippen LogP contribution in [0, 0.1) is 5.92 Å². The minimum Gasteiger partial charge on any atom is -0.377 e. The number of carbonyl (C=O) groups excluding carboxylic acids is 1. The van der Waals surface area contributed by atoms with Crippen LogP contribution in [0.3, 0.4) is 0 Å². The number of likely N-dealkylation sites (tertiary alicyclic amines) is 1. The maximum absolute atomic E-state index is 13.0. The molecule has 2 saturated heterocycles. The van der Waals surface area contributed by atoms with Crippen LogP contribution < -0.4 is 0 Å². The first-order chi connectivity index (χ1) is 15.7. The van der Waals surface area contributed by atoms with Gasteiger partial charge in [-0.25, -0.2) is 0 Å². The number of hydrogen-bond donors (Lipinski definition) is 1. The summed E-state index contributed by atoms with van der Waals surface area (Å²) in [7, 11) is 0. The third-order valence-corrected chi connectivity index (χ3v) is 7.14. The molecule has 0 aliphatic carbocycles. The molecule has 0 bridgehead atoms. The van der Waals surface area contributed by atoms with Crippen LogP contribution in [0.5, 0.6) is 0 Å². The van der Waals surface area contributed by atoms with E-state index in [1.54, 1.807) is 0 Å². The zero-order valence-electron chi connectivity index (χ0n) is 18.6. The molecule has 1 unspecified atom stereocenters. The van der Waals surface area contributed by atoms with Gasteiger partial charge in [0, 0.05) is 43.6 Å². The van der Waals surface area contributed by atoms with Crippen molar-refractivity contribution in [3.63, 3.8) is 0 Å². The first-order valence-corrected chi connectivity index (χ1v) is 11.8. The molecule has 2 aliphatic rings. The van der Waals surface area contributed by atoms with Crippen molar-refractivity contribution in [2.75, 3.05) is 26.3 Å². The Kier molecular flexibility index (Phi) is 6.28. The topological polar surface area (TPSA) is 54.6 Å². The van der Waals surface area contributed by atoms with Gasteiger partial charge in [-0.15, -0.1) is 0 Å². The molecule has 5 rings (SSSR count). The number of amides is 1. The fourth-order valence-electron chi connectivity index (χ4n) is 5.22. The summed E-state index contributed by atoms with van der Waals surface area (Å²) in [6, 6.07) is 18.3. The molecule has 1 amide bonds. The Morgan fingerprint density at radius 3 is 2.81 bits per heavy atom. The summed E-state index contributed by atoms with van der Waals surface area (Å²) in [4.78, 5) is 18.2. The highest BCUT2D eigenvalue weighted by Gasteiger charge is 2.41. The molecular formula is C27H32N2O3. The van der Waals surface area contributed by atoms with Crippen molar-refractivity contribution in [1.82, 2.24) is 9.88 Å².